The Balaban J connectivity index is 1.52. The van der Waals surface area contributed by atoms with Crippen LogP contribution in [0, 0.1) is 0 Å². The Morgan fingerprint density at radius 1 is 1.09 bits per heavy atom. The Hall–Kier alpha value is -2.78. The summed E-state index contributed by atoms with van der Waals surface area (Å²) >= 11 is 0. The number of hydrogen-bond donors (Lipinski definition) is 2. The van der Waals surface area contributed by atoms with Crippen molar-refractivity contribution < 1.29 is 19.4 Å². The van der Waals surface area contributed by atoms with Crippen LogP contribution < -0.4 is 20.1 Å². The number of nitrogens with zero attached hydrogens (tertiary/aromatic N) is 4. The Morgan fingerprint density at radius 3 is 2.52 bits per heavy atom. The average Bonchev–Trinajstić information content (AvgIpc) is 2.86. The van der Waals surface area contributed by atoms with Crippen molar-refractivity contribution >= 4 is 22.7 Å². The molecule has 0 atom stereocenters. The van der Waals surface area contributed by atoms with E-state index in [0.29, 0.717) is 50.8 Å². The van der Waals surface area contributed by atoms with E-state index in [4.69, 9.17) is 15.2 Å². The molecule has 0 radical (unpaired) electrons. The van der Waals surface area contributed by atoms with Crippen molar-refractivity contribution in [2.45, 2.75) is 32.2 Å². The van der Waals surface area contributed by atoms with Gasteiger partial charge < -0.3 is 35.0 Å². The Kier molecular flexibility index (Phi) is 7.72. The highest BCUT2D eigenvalue weighted by molar-refractivity contribution is 5.95. The molecule has 1 amide bonds. The number of carbonyl (C=O) groups is 1. The van der Waals surface area contributed by atoms with Crippen molar-refractivity contribution in [3.05, 3.63) is 23.9 Å². The second-order valence-electron chi connectivity index (χ2n) is 8.72. The fraction of sp³-hybridized carbons (Fsp3) is 0.583. The average molecular weight is 458 g/mol. The molecular weight excluding hydrogens is 422 g/mol. The van der Waals surface area contributed by atoms with Gasteiger partial charge in [-0.25, -0.2) is 4.79 Å². The lowest BCUT2D eigenvalue weighted by atomic mass is 10.1. The molecule has 0 saturated carbocycles. The third kappa shape index (κ3) is 5.42. The molecule has 3 heterocycles. The molecule has 2 saturated heterocycles. The predicted molar refractivity (Wildman–Crippen MR) is 128 cm³/mol. The molecule has 4 rings (SSSR count). The smallest absolute Gasteiger partial charge is 0.407 e. The minimum atomic E-state index is -0.878. The number of fused-ring (bicyclic) bond motifs is 1. The lowest BCUT2D eigenvalue weighted by molar-refractivity contribution is 0.142. The van der Waals surface area contributed by atoms with Gasteiger partial charge in [0.2, 0.25) is 0 Å². The number of likely N-dealkylation sites (tertiary alicyclic amines) is 1. The van der Waals surface area contributed by atoms with Gasteiger partial charge in [-0.1, -0.05) is 6.42 Å². The zero-order valence-electron chi connectivity index (χ0n) is 19.5. The molecule has 2 fully saturated rings. The molecule has 180 valence electrons. The molecule has 3 N–H and O–H groups in total. The lowest BCUT2D eigenvalue weighted by Gasteiger charge is -2.36. The summed E-state index contributed by atoms with van der Waals surface area (Å²) in [6, 6.07) is 3.91. The van der Waals surface area contributed by atoms with Gasteiger partial charge in [0.05, 0.1) is 24.9 Å². The maximum absolute atomic E-state index is 11.3. The van der Waals surface area contributed by atoms with Gasteiger partial charge in [0.15, 0.2) is 11.5 Å². The monoisotopic (exact) mass is 457 g/mol. The van der Waals surface area contributed by atoms with Crippen LogP contribution >= 0.6 is 0 Å². The van der Waals surface area contributed by atoms with Gasteiger partial charge >= 0.3 is 6.09 Å². The Bertz CT molecular complexity index is 956. The number of carboxylic acid groups (broad SMARTS) is 1. The molecule has 0 aliphatic carbocycles. The second kappa shape index (κ2) is 10.9. The number of aromatic nitrogens is 1. The van der Waals surface area contributed by atoms with Gasteiger partial charge in [0.1, 0.15) is 0 Å². The van der Waals surface area contributed by atoms with E-state index in [1.165, 1.54) is 37.3 Å². The number of methoxy groups -OCH3 is 1. The molecule has 33 heavy (non-hydrogen) atoms. The Labute approximate surface area is 195 Å². The molecular formula is C24H35N5O4. The molecule has 1 aromatic heterocycles. The number of pyridine rings is 1. The van der Waals surface area contributed by atoms with Crippen LogP contribution in [0.25, 0.3) is 10.9 Å². The number of nitrogens with two attached hydrogens (primary N) is 1. The summed E-state index contributed by atoms with van der Waals surface area (Å²) in [5.74, 6) is 1.36. The van der Waals surface area contributed by atoms with E-state index < -0.39 is 6.09 Å². The number of piperazine rings is 1. The van der Waals surface area contributed by atoms with Crippen molar-refractivity contribution in [1.82, 2.24) is 14.8 Å². The van der Waals surface area contributed by atoms with Gasteiger partial charge in [0, 0.05) is 62.5 Å². The lowest BCUT2D eigenvalue weighted by Crippen LogP contribution is -2.48. The molecule has 0 bridgehead atoms. The fourth-order valence-electron chi connectivity index (χ4n) is 4.80. The summed E-state index contributed by atoms with van der Waals surface area (Å²) in [5, 5.41) is 10.2. The number of hydrogen-bond acceptors (Lipinski definition) is 7. The third-order valence-electron chi connectivity index (χ3n) is 6.61. The summed E-state index contributed by atoms with van der Waals surface area (Å²) < 4.78 is 11.8. The molecule has 0 spiro atoms. The molecule has 9 heteroatoms. The highest BCUT2D eigenvalue weighted by atomic mass is 16.5. The summed E-state index contributed by atoms with van der Waals surface area (Å²) in [6.45, 7) is 6.55. The molecule has 1 aromatic carbocycles. The minimum Gasteiger partial charge on any atom is -0.493 e. The predicted octanol–water partition coefficient (Wildman–Crippen LogP) is 2.76. The third-order valence-corrected chi connectivity index (χ3v) is 6.61. The maximum Gasteiger partial charge on any atom is 0.407 e. The van der Waals surface area contributed by atoms with E-state index in [9.17, 15) is 9.90 Å². The number of amides is 1. The topological polar surface area (TPSA) is 104 Å². The first kappa shape index (κ1) is 23.4. The van der Waals surface area contributed by atoms with Crippen molar-refractivity contribution in [2.75, 3.05) is 64.4 Å². The van der Waals surface area contributed by atoms with Crippen molar-refractivity contribution in [2.24, 2.45) is 5.73 Å². The maximum atomic E-state index is 11.3. The van der Waals surface area contributed by atoms with Crippen LogP contribution in [0.1, 0.15) is 31.2 Å². The number of anilines is 1. The Morgan fingerprint density at radius 2 is 1.85 bits per heavy atom. The van der Waals surface area contributed by atoms with E-state index in [2.05, 4.69) is 14.8 Å². The first-order valence-electron chi connectivity index (χ1n) is 11.9. The van der Waals surface area contributed by atoms with Crippen LogP contribution in [-0.2, 0) is 6.54 Å². The second-order valence-corrected chi connectivity index (χ2v) is 8.72. The number of piperidine rings is 1. The summed E-state index contributed by atoms with van der Waals surface area (Å²) in [5.41, 5.74) is 8.79. The van der Waals surface area contributed by atoms with E-state index in [1.807, 2.05) is 18.3 Å². The molecule has 2 aliphatic heterocycles. The number of benzene rings is 1. The fourth-order valence-corrected chi connectivity index (χ4v) is 4.80. The van der Waals surface area contributed by atoms with E-state index in [0.717, 1.165) is 35.1 Å². The SMILES string of the molecule is COc1cc2c(N3CCN(C(=O)O)CC3)c(CN)cnc2cc1OCCCN1CCCCC1. The quantitative estimate of drug-likeness (QED) is 0.583. The number of ether oxygens (including phenoxy) is 2. The van der Waals surface area contributed by atoms with E-state index >= 15 is 0 Å². The van der Waals surface area contributed by atoms with Gasteiger partial charge in [-0.3, -0.25) is 4.98 Å². The van der Waals surface area contributed by atoms with E-state index in [-0.39, 0.29) is 0 Å². The zero-order chi connectivity index (χ0) is 23.2. The van der Waals surface area contributed by atoms with Crippen molar-refractivity contribution in [1.29, 1.82) is 0 Å². The summed E-state index contributed by atoms with van der Waals surface area (Å²) in [7, 11) is 1.65. The summed E-state index contributed by atoms with van der Waals surface area (Å²) in [6.07, 6.45) is 5.84. The van der Waals surface area contributed by atoms with Crippen LogP contribution in [0.5, 0.6) is 11.5 Å². The molecule has 2 aliphatic rings. The van der Waals surface area contributed by atoms with Crippen molar-refractivity contribution in [3.8, 4) is 11.5 Å². The first-order valence-corrected chi connectivity index (χ1v) is 11.9. The van der Waals surface area contributed by atoms with Crippen LogP contribution in [0.15, 0.2) is 18.3 Å². The highest BCUT2D eigenvalue weighted by Crippen LogP contribution is 2.38. The normalized spacial score (nSPS) is 17.4. The molecule has 0 unspecified atom stereocenters. The van der Waals surface area contributed by atoms with Gasteiger partial charge in [-0.05, 0) is 38.4 Å². The standard InChI is InChI=1S/C24H35N5O4/c1-32-21-14-19-20(15-22(21)33-13-5-8-27-6-3-2-4-7-27)26-17-18(16-25)23(19)28-9-11-29(12-10-28)24(30)31/h14-15,17H,2-13,16,25H2,1H3,(H,30,31). The minimum absolute atomic E-state index is 0.356. The van der Waals surface area contributed by atoms with Crippen LogP contribution in [0.4, 0.5) is 10.5 Å². The van der Waals surface area contributed by atoms with Gasteiger partial charge in [-0.15, -0.1) is 0 Å². The molecule has 2 aromatic rings. The highest BCUT2D eigenvalue weighted by Gasteiger charge is 2.24. The van der Waals surface area contributed by atoms with Gasteiger partial charge in [-0.2, -0.15) is 0 Å². The molecule has 9 nitrogen and oxygen atoms in total. The van der Waals surface area contributed by atoms with Crippen LogP contribution in [0.3, 0.4) is 0 Å². The van der Waals surface area contributed by atoms with Crippen LogP contribution in [-0.4, -0.2) is 85.5 Å². The number of rotatable bonds is 8. The van der Waals surface area contributed by atoms with Crippen molar-refractivity contribution in [3.63, 3.8) is 0 Å². The first-order chi connectivity index (χ1) is 16.1. The summed E-state index contributed by atoms with van der Waals surface area (Å²) in [4.78, 5) is 22.1. The van der Waals surface area contributed by atoms with E-state index in [1.54, 1.807) is 7.11 Å². The van der Waals surface area contributed by atoms with Crippen LogP contribution in [0.2, 0.25) is 0 Å². The van der Waals surface area contributed by atoms with Gasteiger partial charge in [0.25, 0.3) is 0 Å². The largest absolute Gasteiger partial charge is 0.493 e. The zero-order valence-corrected chi connectivity index (χ0v) is 19.5.